The molecular formula is C33H33N3O2S. The molecule has 0 bridgehead atoms. The third kappa shape index (κ3) is 4.75. The molecule has 1 atom stereocenters. The molecule has 0 saturated heterocycles. The predicted octanol–water partition coefficient (Wildman–Crippen LogP) is 7.12. The van der Waals surface area contributed by atoms with Crippen LogP contribution in [-0.2, 0) is 22.3 Å². The monoisotopic (exact) mass is 535 g/mol. The predicted molar refractivity (Wildman–Crippen MR) is 160 cm³/mol. The van der Waals surface area contributed by atoms with Crippen LogP contribution in [0.4, 0.5) is 5.69 Å². The Balaban J connectivity index is 1.46. The highest BCUT2D eigenvalue weighted by molar-refractivity contribution is 7.88. The molecule has 0 aliphatic carbocycles. The number of hydrogen-bond donors (Lipinski definition) is 1. The van der Waals surface area contributed by atoms with Gasteiger partial charge in [0.25, 0.3) is 0 Å². The van der Waals surface area contributed by atoms with Gasteiger partial charge in [-0.1, -0.05) is 72.8 Å². The van der Waals surface area contributed by atoms with Crippen molar-refractivity contribution < 1.29 is 8.42 Å². The minimum absolute atomic E-state index is 0.0283. The molecule has 0 fully saturated rings. The lowest BCUT2D eigenvalue weighted by Crippen LogP contribution is -2.31. The summed E-state index contributed by atoms with van der Waals surface area (Å²) in [5, 5.41) is 1.05. The summed E-state index contributed by atoms with van der Waals surface area (Å²) in [5.74, 6) is -0.0283. The third-order valence-electron chi connectivity index (χ3n) is 7.83. The van der Waals surface area contributed by atoms with E-state index in [1.54, 1.807) is 4.31 Å². The average Bonchev–Trinajstić information content (AvgIpc) is 3.56. The lowest BCUT2D eigenvalue weighted by atomic mass is 9.94. The summed E-state index contributed by atoms with van der Waals surface area (Å²) >= 11 is 0. The molecule has 0 saturated carbocycles. The molecule has 39 heavy (non-hydrogen) atoms. The number of hydrogen-bond acceptors (Lipinski definition) is 3. The number of nitrogens with one attached hydrogen (secondary N) is 1. The second-order valence-corrected chi connectivity index (χ2v) is 12.0. The first-order valence-corrected chi connectivity index (χ1v) is 15.2. The average molecular weight is 536 g/mol. The highest BCUT2D eigenvalue weighted by Crippen LogP contribution is 2.45. The molecule has 0 spiro atoms. The first-order chi connectivity index (χ1) is 19.0. The van der Waals surface area contributed by atoms with Gasteiger partial charge >= 0.3 is 0 Å². The van der Waals surface area contributed by atoms with Crippen molar-refractivity contribution in [2.75, 3.05) is 18.0 Å². The fourth-order valence-corrected chi connectivity index (χ4v) is 7.49. The van der Waals surface area contributed by atoms with Crippen LogP contribution in [0.25, 0.3) is 22.0 Å². The molecule has 1 aliphatic rings. The molecule has 1 N–H and O–H groups in total. The second-order valence-electron chi connectivity index (χ2n) is 10.1. The second kappa shape index (κ2) is 10.4. The Morgan fingerprint density at radius 1 is 0.821 bits per heavy atom. The van der Waals surface area contributed by atoms with Crippen molar-refractivity contribution in [2.45, 2.75) is 32.2 Å². The number of benzene rings is 4. The van der Waals surface area contributed by atoms with E-state index in [0.717, 1.165) is 57.4 Å². The van der Waals surface area contributed by atoms with Gasteiger partial charge in [-0.25, -0.2) is 8.42 Å². The van der Waals surface area contributed by atoms with E-state index in [9.17, 15) is 8.42 Å². The Hall–Kier alpha value is -3.87. The molecule has 0 radical (unpaired) electrons. The van der Waals surface area contributed by atoms with Crippen molar-refractivity contribution in [1.29, 1.82) is 0 Å². The van der Waals surface area contributed by atoms with Gasteiger partial charge in [-0.3, -0.25) is 0 Å². The lowest BCUT2D eigenvalue weighted by Gasteiger charge is -2.25. The Bertz CT molecular complexity index is 1720. The van der Waals surface area contributed by atoms with Crippen molar-refractivity contribution in [3.05, 3.63) is 126 Å². The quantitative estimate of drug-likeness (QED) is 0.230. The zero-order valence-corrected chi connectivity index (χ0v) is 23.2. The van der Waals surface area contributed by atoms with Crippen LogP contribution in [-0.4, -0.2) is 30.8 Å². The van der Waals surface area contributed by atoms with E-state index in [1.807, 2.05) is 54.7 Å². The molecule has 0 unspecified atom stereocenters. The Kier molecular flexibility index (Phi) is 6.75. The van der Waals surface area contributed by atoms with Crippen LogP contribution >= 0.6 is 0 Å². The van der Waals surface area contributed by atoms with Gasteiger partial charge in [0.15, 0.2) is 0 Å². The first-order valence-electron chi connectivity index (χ1n) is 13.6. The van der Waals surface area contributed by atoms with Crippen LogP contribution in [0.3, 0.4) is 0 Å². The van der Waals surface area contributed by atoms with Crippen LogP contribution in [0.1, 0.15) is 42.1 Å². The van der Waals surface area contributed by atoms with Crippen LogP contribution in [0, 0.1) is 0 Å². The standard InChI is InChI=1S/C33H33N3O2S/c1-3-35(4-2)28-14-10-13-25(19-28)26-17-18-27-22-36(39(37,38)23-24-11-6-5-7-12-24)33(30(27)20-26)31-21-34-32-16-9-8-15-29(31)32/h5-21,33-34H,3-4,22-23H2,1-2H3/t33-/m1/s1. The largest absolute Gasteiger partial charge is 0.372 e. The number of sulfonamides is 1. The molecule has 5 nitrogen and oxygen atoms in total. The van der Waals surface area contributed by atoms with Crippen molar-refractivity contribution in [3.63, 3.8) is 0 Å². The van der Waals surface area contributed by atoms with Crippen molar-refractivity contribution in [3.8, 4) is 11.1 Å². The van der Waals surface area contributed by atoms with Crippen LogP contribution in [0.5, 0.6) is 0 Å². The van der Waals surface area contributed by atoms with E-state index in [2.05, 4.69) is 72.3 Å². The normalized spacial score (nSPS) is 15.5. The summed E-state index contributed by atoms with van der Waals surface area (Å²) in [6.07, 6.45) is 1.98. The van der Waals surface area contributed by atoms with Crippen molar-refractivity contribution >= 4 is 26.6 Å². The molecule has 2 heterocycles. The topological polar surface area (TPSA) is 56.4 Å². The van der Waals surface area contributed by atoms with Gasteiger partial charge in [0.1, 0.15) is 0 Å². The van der Waals surface area contributed by atoms with Crippen LogP contribution < -0.4 is 4.90 Å². The van der Waals surface area contributed by atoms with Crippen molar-refractivity contribution in [1.82, 2.24) is 9.29 Å². The van der Waals surface area contributed by atoms with Gasteiger partial charge in [0, 0.05) is 48.0 Å². The lowest BCUT2D eigenvalue weighted by molar-refractivity contribution is 0.388. The number of rotatable bonds is 8. The molecule has 5 aromatic rings. The van der Waals surface area contributed by atoms with E-state index >= 15 is 0 Å². The van der Waals surface area contributed by atoms with Crippen LogP contribution in [0.15, 0.2) is 103 Å². The number of anilines is 1. The van der Waals surface area contributed by atoms with E-state index < -0.39 is 16.1 Å². The van der Waals surface area contributed by atoms with E-state index in [0.29, 0.717) is 6.54 Å². The molecule has 1 aromatic heterocycles. The molecular weight excluding hydrogens is 502 g/mol. The van der Waals surface area contributed by atoms with Crippen molar-refractivity contribution in [2.24, 2.45) is 0 Å². The summed E-state index contributed by atoms with van der Waals surface area (Å²) < 4.78 is 29.6. The Morgan fingerprint density at radius 2 is 1.56 bits per heavy atom. The number of H-pyrrole nitrogens is 1. The Morgan fingerprint density at radius 3 is 2.36 bits per heavy atom. The summed E-state index contributed by atoms with van der Waals surface area (Å²) in [4.78, 5) is 5.71. The molecule has 1 aliphatic heterocycles. The van der Waals surface area contributed by atoms with E-state index in [-0.39, 0.29) is 5.75 Å². The molecule has 6 rings (SSSR count). The minimum Gasteiger partial charge on any atom is -0.372 e. The highest BCUT2D eigenvalue weighted by Gasteiger charge is 2.40. The summed E-state index contributed by atoms with van der Waals surface area (Å²) in [5.41, 5.74) is 8.28. The maximum atomic E-state index is 14.0. The maximum absolute atomic E-state index is 14.0. The molecule has 4 aromatic carbocycles. The fraction of sp³-hybridized carbons (Fsp3) is 0.212. The van der Waals surface area contributed by atoms with Gasteiger partial charge in [0.05, 0.1) is 11.8 Å². The zero-order valence-electron chi connectivity index (χ0n) is 22.3. The SMILES string of the molecule is CCN(CC)c1cccc(-c2ccc3c(c2)[C@H](c2c[nH]c4ccccc24)N(S(=O)(=O)Cc2ccccc2)C3)c1. The molecule has 198 valence electrons. The number of aromatic nitrogens is 1. The first kappa shape index (κ1) is 25.4. The fourth-order valence-electron chi connectivity index (χ4n) is 5.83. The number of nitrogens with zero attached hydrogens (tertiary/aromatic N) is 2. The highest BCUT2D eigenvalue weighted by atomic mass is 32.2. The molecule has 6 heteroatoms. The smallest absolute Gasteiger partial charge is 0.219 e. The van der Waals surface area contributed by atoms with Crippen LogP contribution in [0.2, 0.25) is 0 Å². The Labute approximate surface area is 230 Å². The maximum Gasteiger partial charge on any atom is 0.219 e. The van der Waals surface area contributed by atoms with E-state index in [4.69, 9.17) is 0 Å². The van der Waals surface area contributed by atoms with Gasteiger partial charge < -0.3 is 9.88 Å². The summed E-state index contributed by atoms with van der Waals surface area (Å²) in [6.45, 7) is 6.58. The number of aromatic amines is 1. The summed E-state index contributed by atoms with van der Waals surface area (Å²) in [7, 11) is -3.61. The number of fused-ring (bicyclic) bond motifs is 2. The van der Waals surface area contributed by atoms with Gasteiger partial charge in [-0.2, -0.15) is 4.31 Å². The minimum atomic E-state index is -3.61. The summed E-state index contributed by atoms with van der Waals surface area (Å²) in [6, 6.07) is 32.2. The van der Waals surface area contributed by atoms with E-state index in [1.165, 1.54) is 5.69 Å². The zero-order chi connectivity index (χ0) is 27.0. The van der Waals surface area contributed by atoms with Gasteiger partial charge in [-0.05, 0) is 65.9 Å². The molecule has 0 amide bonds. The third-order valence-corrected chi connectivity index (χ3v) is 9.58. The van der Waals surface area contributed by atoms with Gasteiger partial charge in [-0.15, -0.1) is 0 Å². The number of para-hydroxylation sites is 1. The van der Waals surface area contributed by atoms with Gasteiger partial charge in [0.2, 0.25) is 10.0 Å².